The SMILES string of the molecule is C=C(C[NH+](CC)CC)c1ccc(O)cc1.[Cl-]. The molecule has 0 unspecified atom stereocenters. The van der Waals surface area contributed by atoms with Crippen molar-refractivity contribution in [3.63, 3.8) is 0 Å². The molecular weight excluding hydrogens is 222 g/mol. The second-order valence-corrected chi connectivity index (χ2v) is 3.78. The number of phenolic OH excluding ortho intramolecular Hbond substituents is 1. The smallest absolute Gasteiger partial charge is 0.115 e. The number of likely N-dealkylation sites (N-methyl/N-ethyl adjacent to an activating group) is 1. The molecule has 0 spiro atoms. The van der Waals surface area contributed by atoms with Crippen molar-refractivity contribution in [2.45, 2.75) is 13.8 Å². The Morgan fingerprint density at radius 3 is 2.12 bits per heavy atom. The zero-order chi connectivity index (χ0) is 11.3. The molecule has 0 aliphatic rings. The van der Waals surface area contributed by atoms with Crippen molar-refractivity contribution in [1.29, 1.82) is 0 Å². The zero-order valence-corrected chi connectivity index (χ0v) is 10.7. The maximum atomic E-state index is 9.18. The van der Waals surface area contributed by atoms with Crippen LogP contribution < -0.4 is 17.3 Å². The van der Waals surface area contributed by atoms with Gasteiger partial charge >= 0.3 is 0 Å². The van der Waals surface area contributed by atoms with E-state index in [9.17, 15) is 5.11 Å². The third-order valence-corrected chi connectivity index (χ3v) is 2.74. The van der Waals surface area contributed by atoms with Crippen molar-refractivity contribution in [3.05, 3.63) is 36.4 Å². The van der Waals surface area contributed by atoms with Crippen molar-refractivity contribution >= 4 is 5.57 Å². The van der Waals surface area contributed by atoms with E-state index in [0.29, 0.717) is 5.75 Å². The predicted octanol–water partition coefficient (Wildman–Crippen LogP) is -1.67. The third kappa shape index (κ3) is 4.25. The van der Waals surface area contributed by atoms with Gasteiger partial charge in [0.05, 0.1) is 13.1 Å². The minimum atomic E-state index is 0. The molecule has 0 heterocycles. The van der Waals surface area contributed by atoms with E-state index in [4.69, 9.17) is 0 Å². The first-order valence-electron chi connectivity index (χ1n) is 5.48. The molecule has 0 atom stereocenters. The fourth-order valence-electron chi connectivity index (χ4n) is 1.60. The minimum Gasteiger partial charge on any atom is -1.00 e. The van der Waals surface area contributed by atoms with Crippen LogP contribution in [-0.4, -0.2) is 24.7 Å². The fraction of sp³-hybridized carbons (Fsp3) is 0.385. The number of nitrogens with one attached hydrogen (secondary N) is 1. The summed E-state index contributed by atoms with van der Waals surface area (Å²) in [6, 6.07) is 7.25. The van der Waals surface area contributed by atoms with Crippen LogP contribution in [-0.2, 0) is 0 Å². The highest BCUT2D eigenvalue weighted by molar-refractivity contribution is 5.64. The lowest BCUT2D eigenvalue weighted by Crippen LogP contribution is -3.11. The molecule has 0 aliphatic heterocycles. The second-order valence-electron chi connectivity index (χ2n) is 3.78. The molecule has 0 aliphatic carbocycles. The normalized spacial score (nSPS) is 9.94. The zero-order valence-electron chi connectivity index (χ0n) is 9.96. The largest absolute Gasteiger partial charge is 1.00 e. The Morgan fingerprint density at radius 1 is 1.19 bits per heavy atom. The molecule has 0 amide bonds. The molecule has 16 heavy (non-hydrogen) atoms. The molecule has 1 rings (SSSR count). The van der Waals surface area contributed by atoms with Crippen LogP contribution in [0.1, 0.15) is 19.4 Å². The van der Waals surface area contributed by atoms with Crippen molar-refractivity contribution in [1.82, 2.24) is 0 Å². The Kier molecular flexibility index (Phi) is 6.86. The van der Waals surface area contributed by atoms with Crippen molar-refractivity contribution in [3.8, 4) is 5.75 Å². The molecule has 0 aromatic heterocycles. The lowest BCUT2D eigenvalue weighted by atomic mass is 10.1. The number of hydrogen-bond acceptors (Lipinski definition) is 1. The van der Waals surface area contributed by atoms with Gasteiger partial charge in [-0.15, -0.1) is 0 Å². The summed E-state index contributed by atoms with van der Waals surface area (Å²) < 4.78 is 0. The summed E-state index contributed by atoms with van der Waals surface area (Å²) in [6.45, 7) is 11.7. The lowest BCUT2D eigenvalue weighted by molar-refractivity contribution is -0.888. The first kappa shape index (κ1) is 15.0. The molecule has 0 fully saturated rings. The molecule has 2 N–H and O–H groups in total. The predicted molar refractivity (Wildman–Crippen MR) is 64.1 cm³/mol. The van der Waals surface area contributed by atoms with Gasteiger partial charge in [0.15, 0.2) is 0 Å². The van der Waals surface area contributed by atoms with E-state index in [2.05, 4.69) is 20.4 Å². The van der Waals surface area contributed by atoms with Gasteiger partial charge in [0.25, 0.3) is 0 Å². The van der Waals surface area contributed by atoms with E-state index in [0.717, 1.165) is 30.8 Å². The topological polar surface area (TPSA) is 24.7 Å². The summed E-state index contributed by atoms with van der Waals surface area (Å²) in [4.78, 5) is 1.52. The quantitative estimate of drug-likeness (QED) is 0.634. The maximum Gasteiger partial charge on any atom is 0.115 e. The lowest BCUT2D eigenvalue weighted by Gasteiger charge is -2.16. The van der Waals surface area contributed by atoms with Gasteiger partial charge in [-0.3, -0.25) is 0 Å². The molecule has 1 aromatic carbocycles. The molecule has 0 saturated carbocycles. The highest BCUT2D eigenvalue weighted by Gasteiger charge is 2.06. The average molecular weight is 242 g/mol. The molecule has 1 aromatic rings. The van der Waals surface area contributed by atoms with Crippen LogP contribution in [0.2, 0.25) is 0 Å². The van der Waals surface area contributed by atoms with Gasteiger partial charge in [-0.2, -0.15) is 0 Å². The van der Waals surface area contributed by atoms with Crippen LogP contribution in [0.4, 0.5) is 0 Å². The van der Waals surface area contributed by atoms with Gasteiger partial charge in [0, 0.05) is 5.57 Å². The number of quaternary nitrogens is 1. The number of hydrogen-bond donors (Lipinski definition) is 2. The van der Waals surface area contributed by atoms with Crippen LogP contribution in [0.5, 0.6) is 5.75 Å². The number of halogens is 1. The number of benzene rings is 1. The fourth-order valence-corrected chi connectivity index (χ4v) is 1.60. The number of aromatic hydroxyl groups is 1. The maximum absolute atomic E-state index is 9.18. The summed E-state index contributed by atoms with van der Waals surface area (Å²) in [5.41, 5.74) is 2.25. The van der Waals surface area contributed by atoms with Gasteiger partial charge in [0.2, 0.25) is 0 Å². The Bertz CT molecular complexity index is 317. The summed E-state index contributed by atoms with van der Waals surface area (Å²) in [5.74, 6) is 0.307. The summed E-state index contributed by atoms with van der Waals surface area (Å²) in [5, 5.41) is 9.18. The number of rotatable bonds is 5. The van der Waals surface area contributed by atoms with E-state index in [-0.39, 0.29) is 12.4 Å². The standard InChI is InChI=1S/C13H19NO.ClH/c1-4-14(5-2)10-11(3)12-6-8-13(15)9-7-12;/h6-9,15H,3-5,10H2,1-2H3;1H. The highest BCUT2D eigenvalue weighted by Crippen LogP contribution is 2.15. The number of phenols is 1. The molecule has 90 valence electrons. The summed E-state index contributed by atoms with van der Waals surface area (Å²) in [6.07, 6.45) is 0. The minimum absolute atomic E-state index is 0. The summed E-state index contributed by atoms with van der Waals surface area (Å²) in [7, 11) is 0. The van der Waals surface area contributed by atoms with E-state index in [1.807, 2.05) is 12.1 Å². The van der Waals surface area contributed by atoms with Crippen LogP contribution in [0.3, 0.4) is 0 Å². The van der Waals surface area contributed by atoms with Crippen molar-refractivity contribution < 1.29 is 22.4 Å². The molecule has 0 radical (unpaired) electrons. The van der Waals surface area contributed by atoms with Crippen molar-refractivity contribution in [2.75, 3.05) is 19.6 Å². The third-order valence-electron chi connectivity index (χ3n) is 2.74. The monoisotopic (exact) mass is 241 g/mol. The molecular formula is C13H20ClNO. The highest BCUT2D eigenvalue weighted by atomic mass is 35.5. The summed E-state index contributed by atoms with van der Waals surface area (Å²) >= 11 is 0. The van der Waals surface area contributed by atoms with E-state index in [1.165, 1.54) is 4.90 Å². The van der Waals surface area contributed by atoms with Gasteiger partial charge in [-0.25, -0.2) is 0 Å². The molecule has 2 nitrogen and oxygen atoms in total. The van der Waals surface area contributed by atoms with Gasteiger partial charge < -0.3 is 22.4 Å². The van der Waals surface area contributed by atoms with Crippen molar-refractivity contribution in [2.24, 2.45) is 0 Å². The van der Waals surface area contributed by atoms with E-state index < -0.39 is 0 Å². The Labute approximate surface area is 104 Å². The van der Waals surface area contributed by atoms with Crippen LogP contribution in [0, 0.1) is 0 Å². The van der Waals surface area contributed by atoms with Gasteiger partial charge in [-0.1, -0.05) is 18.7 Å². The van der Waals surface area contributed by atoms with Crippen LogP contribution in [0.25, 0.3) is 5.57 Å². The van der Waals surface area contributed by atoms with E-state index in [1.54, 1.807) is 12.1 Å². The second kappa shape index (κ2) is 7.31. The van der Waals surface area contributed by atoms with Gasteiger partial charge in [-0.05, 0) is 31.5 Å². The van der Waals surface area contributed by atoms with E-state index >= 15 is 0 Å². The molecule has 0 saturated heterocycles. The Hall–Kier alpha value is -0.990. The first-order chi connectivity index (χ1) is 7.17. The van der Waals surface area contributed by atoms with Gasteiger partial charge in [0.1, 0.15) is 12.3 Å². The first-order valence-corrected chi connectivity index (χ1v) is 5.48. The van der Waals surface area contributed by atoms with Crippen LogP contribution >= 0.6 is 0 Å². The average Bonchev–Trinajstić information content (AvgIpc) is 2.26. The Morgan fingerprint density at radius 2 is 1.69 bits per heavy atom. The van der Waals surface area contributed by atoms with Crippen LogP contribution in [0.15, 0.2) is 30.8 Å². The Balaban J connectivity index is 0.00000225. The molecule has 0 bridgehead atoms. The molecule has 3 heteroatoms.